The van der Waals surface area contributed by atoms with Crippen molar-refractivity contribution in [1.29, 1.82) is 0 Å². The molecule has 0 saturated carbocycles. The Bertz CT molecular complexity index is 775. The molecule has 0 spiro atoms. The first-order valence-corrected chi connectivity index (χ1v) is 10.7. The quantitative estimate of drug-likeness (QED) is 0.411. The number of fused-ring (bicyclic) bond motifs is 1. The van der Waals surface area contributed by atoms with Gasteiger partial charge in [-0.15, -0.1) is 21.5 Å². The van der Waals surface area contributed by atoms with E-state index in [2.05, 4.69) is 27.5 Å². The molecule has 0 atom stereocenters. The number of rotatable bonds is 8. The van der Waals surface area contributed by atoms with Gasteiger partial charge in [0.1, 0.15) is 17.4 Å². The third kappa shape index (κ3) is 5.29. The topological polar surface area (TPSA) is 80.5 Å². The van der Waals surface area contributed by atoms with E-state index in [9.17, 15) is 0 Å². The first kappa shape index (κ1) is 20.7. The molecule has 0 amide bonds. The van der Waals surface area contributed by atoms with E-state index in [1.165, 1.54) is 29.8 Å². The van der Waals surface area contributed by atoms with Crippen molar-refractivity contribution in [2.75, 3.05) is 27.3 Å². The molecule has 0 fully saturated rings. The summed E-state index contributed by atoms with van der Waals surface area (Å²) >= 11 is 1.85. The number of hydrogen-bond donors (Lipinski definition) is 1. The number of aryl methyl sites for hydroxylation is 3. The van der Waals surface area contributed by atoms with Gasteiger partial charge in [-0.1, -0.05) is 0 Å². The van der Waals surface area contributed by atoms with Crippen molar-refractivity contribution in [2.24, 2.45) is 12.0 Å². The van der Waals surface area contributed by atoms with Crippen LogP contribution in [-0.2, 0) is 37.7 Å². The standard InChI is InChI=1S/C19H31N7OS/c1-14-23-24-17(26(14)3)12-21-19(20-10-7-11-27-4)25(2)13-18-22-15-8-5-6-9-16(15)28-18/h5-13H2,1-4H3,(H,20,21). The molecule has 0 bridgehead atoms. The van der Waals surface area contributed by atoms with Crippen LogP contribution in [0.2, 0.25) is 0 Å². The zero-order valence-electron chi connectivity index (χ0n) is 17.4. The molecule has 2 aromatic rings. The largest absolute Gasteiger partial charge is 0.385 e. The van der Waals surface area contributed by atoms with Crippen molar-refractivity contribution >= 4 is 17.3 Å². The Labute approximate surface area is 171 Å². The van der Waals surface area contributed by atoms with Crippen LogP contribution in [0, 0.1) is 6.92 Å². The molecule has 9 heteroatoms. The molecule has 1 N–H and O–H groups in total. The van der Waals surface area contributed by atoms with Crippen molar-refractivity contribution in [3.8, 4) is 0 Å². The fourth-order valence-corrected chi connectivity index (χ4v) is 4.42. The van der Waals surface area contributed by atoms with Crippen LogP contribution in [0.15, 0.2) is 4.99 Å². The average molecular weight is 406 g/mol. The third-order valence-electron chi connectivity index (χ3n) is 4.99. The number of ether oxygens (including phenoxy) is 1. The van der Waals surface area contributed by atoms with Crippen molar-refractivity contribution in [2.45, 2.75) is 52.1 Å². The highest BCUT2D eigenvalue weighted by atomic mass is 32.1. The molecule has 8 nitrogen and oxygen atoms in total. The van der Waals surface area contributed by atoms with Gasteiger partial charge in [-0.05, 0) is 39.0 Å². The van der Waals surface area contributed by atoms with Crippen LogP contribution in [0.3, 0.4) is 0 Å². The maximum Gasteiger partial charge on any atom is 0.194 e. The second-order valence-corrected chi connectivity index (χ2v) is 8.34. The van der Waals surface area contributed by atoms with E-state index in [0.29, 0.717) is 6.54 Å². The van der Waals surface area contributed by atoms with Gasteiger partial charge in [0.25, 0.3) is 0 Å². The number of aliphatic imine (C=N–C) groups is 1. The summed E-state index contributed by atoms with van der Waals surface area (Å²) in [5, 5.41) is 12.9. The highest BCUT2D eigenvalue weighted by molar-refractivity contribution is 7.11. The molecule has 2 heterocycles. The molecular formula is C19H31N7OS. The molecule has 1 aliphatic carbocycles. The number of aromatic nitrogens is 4. The van der Waals surface area contributed by atoms with Gasteiger partial charge in [0.05, 0.1) is 12.2 Å². The zero-order chi connectivity index (χ0) is 19.9. The summed E-state index contributed by atoms with van der Waals surface area (Å²) in [6, 6.07) is 0. The number of thiazole rings is 1. The lowest BCUT2D eigenvalue weighted by Gasteiger charge is -2.21. The molecular weight excluding hydrogens is 374 g/mol. The second-order valence-electron chi connectivity index (χ2n) is 7.18. The fraction of sp³-hybridized carbons (Fsp3) is 0.684. The third-order valence-corrected chi connectivity index (χ3v) is 6.13. The normalized spacial score (nSPS) is 14.2. The number of hydrogen-bond acceptors (Lipinski definition) is 6. The van der Waals surface area contributed by atoms with Gasteiger partial charge in [0.15, 0.2) is 11.8 Å². The highest BCUT2D eigenvalue weighted by Gasteiger charge is 2.17. The molecule has 154 valence electrons. The van der Waals surface area contributed by atoms with Crippen LogP contribution in [-0.4, -0.2) is 57.9 Å². The lowest BCUT2D eigenvalue weighted by atomic mass is 10.0. The summed E-state index contributed by atoms with van der Waals surface area (Å²) < 4.78 is 7.12. The molecule has 0 aliphatic heterocycles. The maximum atomic E-state index is 5.15. The number of methoxy groups -OCH3 is 1. The van der Waals surface area contributed by atoms with Crippen molar-refractivity contribution in [1.82, 2.24) is 30.0 Å². The fourth-order valence-electron chi connectivity index (χ4n) is 3.21. The Kier molecular flexibility index (Phi) is 7.38. The lowest BCUT2D eigenvalue weighted by Crippen LogP contribution is -2.39. The van der Waals surface area contributed by atoms with E-state index in [4.69, 9.17) is 14.7 Å². The summed E-state index contributed by atoms with van der Waals surface area (Å²) in [7, 11) is 5.75. The summed E-state index contributed by atoms with van der Waals surface area (Å²) in [6.07, 6.45) is 5.78. The first-order valence-electron chi connectivity index (χ1n) is 9.89. The smallest absolute Gasteiger partial charge is 0.194 e. The van der Waals surface area contributed by atoms with E-state index in [0.717, 1.165) is 55.2 Å². The molecule has 0 radical (unpaired) electrons. The Morgan fingerprint density at radius 1 is 1.32 bits per heavy atom. The van der Waals surface area contributed by atoms with Crippen molar-refractivity contribution < 1.29 is 4.74 Å². The highest BCUT2D eigenvalue weighted by Crippen LogP contribution is 2.27. The van der Waals surface area contributed by atoms with E-state index in [1.54, 1.807) is 7.11 Å². The van der Waals surface area contributed by atoms with E-state index >= 15 is 0 Å². The van der Waals surface area contributed by atoms with Gasteiger partial charge in [0, 0.05) is 39.2 Å². The zero-order valence-corrected chi connectivity index (χ0v) is 18.2. The maximum absolute atomic E-state index is 5.15. The van der Waals surface area contributed by atoms with E-state index < -0.39 is 0 Å². The van der Waals surface area contributed by atoms with Crippen LogP contribution in [0.4, 0.5) is 0 Å². The lowest BCUT2D eigenvalue weighted by molar-refractivity contribution is 0.195. The average Bonchev–Trinajstić information content (AvgIpc) is 3.24. The predicted octanol–water partition coefficient (Wildman–Crippen LogP) is 2.07. The summed E-state index contributed by atoms with van der Waals surface area (Å²) in [6.45, 7) is 4.73. The van der Waals surface area contributed by atoms with Crippen LogP contribution in [0.5, 0.6) is 0 Å². The van der Waals surface area contributed by atoms with Crippen molar-refractivity contribution in [3.05, 3.63) is 27.2 Å². The molecule has 0 aromatic carbocycles. The van der Waals surface area contributed by atoms with Gasteiger partial charge in [0.2, 0.25) is 0 Å². The Morgan fingerprint density at radius 3 is 2.86 bits per heavy atom. The second kappa shape index (κ2) is 9.97. The molecule has 28 heavy (non-hydrogen) atoms. The van der Waals surface area contributed by atoms with Gasteiger partial charge >= 0.3 is 0 Å². The first-order chi connectivity index (χ1) is 13.6. The van der Waals surface area contributed by atoms with Crippen LogP contribution >= 0.6 is 11.3 Å². The summed E-state index contributed by atoms with van der Waals surface area (Å²) in [4.78, 5) is 13.3. The summed E-state index contributed by atoms with van der Waals surface area (Å²) in [5.74, 6) is 2.60. The molecule has 3 rings (SSSR count). The van der Waals surface area contributed by atoms with E-state index in [1.807, 2.05) is 29.9 Å². The minimum Gasteiger partial charge on any atom is -0.385 e. The SMILES string of the molecule is COCCCNC(=NCc1nnc(C)n1C)N(C)Cc1nc2c(s1)CCCC2. The molecule has 1 aliphatic rings. The minimum atomic E-state index is 0.489. The number of nitrogens with one attached hydrogen (secondary N) is 1. The number of guanidine groups is 1. The predicted molar refractivity (Wildman–Crippen MR) is 112 cm³/mol. The van der Waals surface area contributed by atoms with E-state index in [-0.39, 0.29) is 0 Å². The van der Waals surface area contributed by atoms with Crippen LogP contribution < -0.4 is 5.32 Å². The van der Waals surface area contributed by atoms with Gasteiger partial charge in [-0.2, -0.15) is 0 Å². The molecule has 0 unspecified atom stereocenters. The minimum absolute atomic E-state index is 0.489. The Balaban J connectivity index is 1.68. The van der Waals surface area contributed by atoms with Gasteiger partial charge < -0.3 is 19.5 Å². The van der Waals surface area contributed by atoms with Crippen molar-refractivity contribution in [3.63, 3.8) is 0 Å². The molecule has 0 saturated heterocycles. The molecule has 2 aromatic heterocycles. The van der Waals surface area contributed by atoms with Crippen LogP contribution in [0.25, 0.3) is 0 Å². The van der Waals surface area contributed by atoms with Gasteiger partial charge in [-0.3, -0.25) is 0 Å². The summed E-state index contributed by atoms with van der Waals surface area (Å²) in [5.41, 5.74) is 1.31. The Morgan fingerprint density at radius 2 is 2.14 bits per heavy atom. The van der Waals surface area contributed by atoms with Crippen LogP contribution in [0.1, 0.15) is 46.5 Å². The monoisotopic (exact) mass is 405 g/mol. The Hall–Kier alpha value is -2.00. The number of nitrogens with zero attached hydrogens (tertiary/aromatic N) is 6. The van der Waals surface area contributed by atoms with Gasteiger partial charge in [-0.25, -0.2) is 9.98 Å².